The number of benzene rings is 1. The molecule has 1 N–H and O–H groups in total. The molecule has 0 radical (unpaired) electrons. The van der Waals surface area contributed by atoms with Crippen LogP contribution in [0.3, 0.4) is 0 Å². The number of rotatable bonds is 4. The first kappa shape index (κ1) is 16.9. The number of aryl methyl sites for hydroxylation is 1. The lowest BCUT2D eigenvalue weighted by Gasteiger charge is -2.34. The van der Waals surface area contributed by atoms with Gasteiger partial charge in [-0.1, -0.05) is 6.07 Å². The maximum Gasteiger partial charge on any atom is 0.273 e. The van der Waals surface area contributed by atoms with E-state index < -0.39 is 4.92 Å². The molecule has 1 fully saturated rings. The molecule has 0 aromatic heterocycles. The molecule has 1 aromatic rings. The van der Waals surface area contributed by atoms with Gasteiger partial charge in [-0.15, -0.1) is 0 Å². The Balaban J connectivity index is 2.01. The third-order valence-corrected chi connectivity index (χ3v) is 3.96. The molecule has 124 valence electrons. The smallest absolute Gasteiger partial charge is 0.273 e. The lowest BCUT2D eigenvalue weighted by molar-refractivity contribution is -0.385. The van der Waals surface area contributed by atoms with Gasteiger partial charge in [-0.25, -0.2) is 0 Å². The molecule has 8 heteroatoms. The Morgan fingerprint density at radius 3 is 2.48 bits per heavy atom. The molecule has 2 amide bonds. The van der Waals surface area contributed by atoms with E-state index in [-0.39, 0.29) is 17.5 Å². The van der Waals surface area contributed by atoms with Crippen molar-refractivity contribution >= 4 is 17.5 Å². The van der Waals surface area contributed by atoms with Crippen molar-refractivity contribution in [2.45, 2.75) is 6.92 Å². The first-order valence-electron chi connectivity index (χ1n) is 7.39. The van der Waals surface area contributed by atoms with Crippen LogP contribution in [0.4, 0.5) is 5.69 Å². The zero-order chi connectivity index (χ0) is 17.0. The summed E-state index contributed by atoms with van der Waals surface area (Å²) in [6, 6.07) is 4.53. The van der Waals surface area contributed by atoms with Gasteiger partial charge < -0.3 is 10.2 Å². The molecule has 0 bridgehead atoms. The van der Waals surface area contributed by atoms with Crippen LogP contribution in [0.2, 0.25) is 0 Å². The van der Waals surface area contributed by atoms with Gasteiger partial charge in [0.15, 0.2) is 0 Å². The number of amides is 2. The zero-order valence-corrected chi connectivity index (χ0v) is 13.2. The molecule has 0 unspecified atom stereocenters. The monoisotopic (exact) mass is 320 g/mol. The highest BCUT2D eigenvalue weighted by Gasteiger charge is 2.24. The predicted octanol–water partition coefficient (Wildman–Crippen LogP) is 0.407. The third-order valence-electron chi connectivity index (χ3n) is 3.96. The molecule has 23 heavy (non-hydrogen) atoms. The molecular formula is C15H20N4O4. The number of carbonyl (C=O) groups excluding carboxylic acids is 2. The number of piperazine rings is 1. The van der Waals surface area contributed by atoms with Gasteiger partial charge in [0.1, 0.15) is 0 Å². The molecule has 0 aliphatic carbocycles. The Morgan fingerprint density at radius 2 is 1.91 bits per heavy atom. The van der Waals surface area contributed by atoms with Gasteiger partial charge in [0.2, 0.25) is 5.91 Å². The van der Waals surface area contributed by atoms with E-state index in [9.17, 15) is 19.7 Å². The van der Waals surface area contributed by atoms with E-state index in [2.05, 4.69) is 5.32 Å². The summed E-state index contributed by atoms with van der Waals surface area (Å²) in [6.07, 6.45) is 0. The van der Waals surface area contributed by atoms with Crippen molar-refractivity contribution in [3.8, 4) is 0 Å². The zero-order valence-electron chi connectivity index (χ0n) is 13.2. The van der Waals surface area contributed by atoms with Crippen LogP contribution in [0.1, 0.15) is 15.9 Å². The number of hydrogen-bond acceptors (Lipinski definition) is 5. The Kier molecular flexibility index (Phi) is 5.28. The number of nitro benzene ring substituents is 1. The van der Waals surface area contributed by atoms with E-state index in [0.717, 1.165) is 0 Å². The second kappa shape index (κ2) is 7.19. The van der Waals surface area contributed by atoms with Gasteiger partial charge in [-0.05, 0) is 13.0 Å². The SMILES string of the molecule is CNC(=O)CN1CCN(C(=O)c2ccc(C)c([N+](=O)[O-])c2)CC1. The minimum Gasteiger partial charge on any atom is -0.358 e. The van der Waals surface area contributed by atoms with Crippen molar-refractivity contribution in [1.82, 2.24) is 15.1 Å². The van der Waals surface area contributed by atoms with E-state index in [1.165, 1.54) is 6.07 Å². The standard InChI is InChI=1S/C15H20N4O4/c1-11-3-4-12(9-13(11)19(22)23)15(21)18-7-5-17(6-8-18)10-14(20)16-2/h3-4,9H,5-8,10H2,1-2H3,(H,16,20). The van der Waals surface area contributed by atoms with Crippen molar-refractivity contribution in [3.63, 3.8) is 0 Å². The summed E-state index contributed by atoms with van der Waals surface area (Å²) < 4.78 is 0. The fraction of sp³-hybridized carbons (Fsp3) is 0.467. The highest BCUT2D eigenvalue weighted by Crippen LogP contribution is 2.20. The number of hydrogen-bond donors (Lipinski definition) is 1. The van der Waals surface area contributed by atoms with E-state index in [1.54, 1.807) is 31.0 Å². The molecule has 1 heterocycles. The van der Waals surface area contributed by atoms with Crippen LogP contribution in [0.25, 0.3) is 0 Å². The number of nitrogens with one attached hydrogen (secondary N) is 1. The molecule has 1 aromatic carbocycles. The maximum atomic E-state index is 12.5. The summed E-state index contributed by atoms with van der Waals surface area (Å²) in [5.41, 5.74) is 0.804. The first-order chi connectivity index (χ1) is 10.9. The minimum absolute atomic E-state index is 0.0471. The largest absolute Gasteiger partial charge is 0.358 e. The summed E-state index contributed by atoms with van der Waals surface area (Å²) in [6.45, 7) is 4.16. The van der Waals surface area contributed by atoms with Gasteiger partial charge in [-0.2, -0.15) is 0 Å². The van der Waals surface area contributed by atoms with Gasteiger partial charge in [0, 0.05) is 50.4 Å². The fourth-order valence-corrected chi connectivity index (χ4v) is 2.51. The molecule has 0 atom stereocenters. The van der Waals surface area contributed by atoms with Crippen LogP contribution in [-0.2, 0) is 4.79 Å². The molecule has 1 aliphatic rings. The van der Waals surface area contributed by atoms with Crippen LogP contribution >= 0.6 is 0 Å². The lowest BCUT2D eigenvalue weighted by Crippen LogP contribution is -2.50. The second-order valence-corrected chi connectivity index (χ2v) is 5.50. The number of carbonyl (C=O) groups is 2. The molecule has 1 aliphatic heterocycles. The average Bonchev–Trinajstić information content (AvgIpc) is 2.55. The Labute approximate surface area is 134 Å². The third kappa shape index (κ3) is 4.04. The van der Waals surface area contributed by atoms with Crippen LogP contribution in [0, 0.1) is 17.0 Å². The molecule has 0 saturated carbocycles. The van der Waals surface area contributed by atoms with Crippen LogP contribution in [0.15, 0.2) is 18.2 Å². The molecule has 1 saturated heterocycles. The van der Waals surface area contributed by atoms with Crippen LogP contribution in [-0.4, -0.2) is 66.3 Å². The summed E-state index contributed by atoms with van der Waals surface area (Å²) >= 11 is 0. The Bertz CT molecular complexity index is 624. The van der Waals surface area contributed by atoms with Crippen molar-refractivity contribution in [2.24, 2.45) is 0 Å². The van der Waals surface area contributed by atoms with Crippen molar-refractivity contribution in [3.05, 3.63) is 39.4 Å². The highest BCUT2D eigenvalue weighted by molar-refractivity contribution is 5.95. The van der Waals surface area contributed by atoms with Crippen LogP contribution in [0.5, 0.6) is 0 Å². The van der Waals surface area contributed by atoms with E-state index in [4.69, 9.17) is 0 Å². The molecular weight excluding hydrogens is 300 g/mol. The Morgan fingerprint density at radius 1 is 1.26 bits per heavy atom. The summed E-state index contributed by atoms with van der Waals surface area (Å²) in [5.74, 6) is -0.272. The fourth-order valence-electron chi connectivity index (χ4n) is 2.51. The maximum absolute atomic E-state index is 12.5. The van der Waals surface area contributed by atoms with Crippen LogP contribution < -0.4 is 5.32 Å². The summed E-state index contributed by atoms with van der Waals surface area (Å²) in [5, 5.41) is 13.6. The number of nitro groups is 1. The molecule has 8 nitrogen and oxygen atoms in total. The number of nitrogens with zero attached hydrogens (tertiary/aromatic N) is 3. The van der Waals surface area contributed by atoms with Crippen molar-refractivity contribution < 1.29 is 14.5 Å². The quantitative estimate of drug-likeness (QED) is 0.640. The van der Waals surface area contributed by atoms with E-state index in [1.807, 2.05) is 4.90 Å². The van der Waals surface area contributed by atoms with Gasteiger partial charge in [0.05, 0.1) is 11.5 Å². The number of likely N-dealkylation sites (N-methyl/N-ethyl adjacent to an activating group) is 1. The summed E-state index contributed by atoms with van der Waals surface area (Å²) in [7, 11) is 1.59. The minimum atomic E-state index is -0.479. The van der Waals surface area contributed by atoms with E-state index >= 15 is 0 Å². The van der Waals surface area contributed by atoms with Gasteiger partial charge in [0.25, 0.3) is 11.6 Å². The predicted molar refractivity (Wildman–Crippen MR) is 84.2 cm³/mol. The first-order valence-corrected chi connectivity index (χ1v) is 7.39. The summed E-state index contributed by atoms with van der Waals surface area (Å²) in [4.78, 5) is 38.0. The highest BCUT2D eigenvalue weighted by atomic mass is 16.6. The molecule has 2 rings (SSSR count). The average molecular weight is 320 g/mol. The topological polar surface area (TPSA) is 95.8 Å². The molecule has 0 spiro atoms. The second-order valence-electron chi connectivity index (χ2n) is 5.50. The van der Waals surface area contributed by atoms with Crippen molar-refractivity contribution in [2.75, 3.05) is 39.8 Å². The van der Waals surface area contributed by atoms with Gasteiger partial charge >= 0.3 is 0 Å². The van der Waals surface area contributed by atoms with Crippen molar-refractivity contribution in [1.29, 1.82) is 0 Å². The van der Waals surface area contributed by atoms with Gasteiger partial charge in [-0.3, -0.25) is 24.6 Å². The van der Waals surface area contributed by atoms with E-state index in [0.29, 0.717) is 43.9 Å². The Hall–Kier alpha value is -2.48. The normalized spacial score (nSPS) is 15.3. The lowest BCUT2D eigenvalue weighted by atomic mass is 10.1.